The maximum Gasteiger partial charge on any atom is 0.191 e. The van der Waals surface area contributed by atoms with Crippen LogP contribution in [0, 0.1) is 0 Å². The third kappa shape index (κ3) is 3.20. The summed E-state index contributed by atoms with van der Waals surface area (Å²) in [5, 5.41) is 36.5. The van der Waals surface area contributed by atoms with Crippen molar-refractivity contribution in [2.75, 3.05) is 6.61 Å². The molecule has 0 spiro atoms. The molecule has 1 fully saturated rings. The van der Waals surface area contributed by atoms with Gasteiger partial charge in [0.15, 0.2) is 6.29 Å². The summed E-state index contributed by atoms with van der Waals surface area (Å²) in [5.41, 5.74) is 0. The number of hydrogen-bond donors (Lipinski definition) is 4. The van der Waals surface area contributed by atoms with Crippen LogP contribution in [-0.4, -0.2) is 57.7 Å². The van der Waals surface area contributed by atoms with E-state index in [4.69, 9.17) is 5.11 Å². The second kappa shape index (κ2) is 5.05. The third-order valence-corrected chi connectivity index (χ3v) is 2.55. The molecular weight excluding hydrogens is 247 g/mol. The summed E-state index contributed by atoms with van der Waals surface area (Å²) < 4.78 is 18.7. The summed E-state index contributed by atoms with van der Waals surface area (Å²) in [6.07, 6.45) is -8.61. The van der Waals surface area contributed by atoms with Crippen LogP contribution in [0.2, 0.25) is 0 Å². The first kappa shape index (κ1) is 14.0. The summed E-state index contributed by atoms with van der Waals surface area (Å²) in [7, 11) is -5.41. The molecule has 0 aromatic heterocycles. The fraction of sp³-hybridized carbons (Fsp3) is 1.00. The van der Waals surface area contributed by atoms with E-state index in [1.807, 2.05) is 0 Å². The van der Waals surface area contributed by atoms with Crippen LogP contribution in [0.25, 0.3) is 0 Å². The highest BCUT2D eigenvalue weighted by Gasteiger charge is 2.44. The molecule has 10 heteroatoms. The van der Waals surface area contributed by atoms with Gasteiger partial charge in [0, 0.05) is 0 Å². The molecule has 4 N–H and O–H groups in total. The van der Waals surface area contributed by atoms with Crippen LogP contribution in [0.4, 0.5) is 0 Å². The predicted octanol–water partition coefficient (Wildman–Crippen LogP) is -4.37. The largest absolute Gasteiger partial charge is 0.790 e. The van der Waals surface area contributed by atoms with Crippen LogP contribution in [0.5, 0.6) is 0 Å². The molecule has 1 aliphatic heterocycles. The Morgan fingerprint density at radius 1 is 1.19 bits per heavy atom. The van der Waals surface area contributed by atoms with Crippen LogP contribution < -0.4 is 9.79 Å². The Kier molecular flexibility index (Phi) is 4.41. The second-order valence-electron chi connectivity index (χ2n) is 3.25. The zero-order valence-corrected chi connectivity index (χ0v) is 8.77. The number of ether oxygens (including phenoxy) is 1. The van der Waals surface area contributed by atoms with E-state index in [9.17, 15) is 29.7 Å². The normalized spacial score (nSPS) is 41.0. The SMILES string of the molecule is O=P([O-])([O-])O[C@@H]1O[C@H](CO)[C@H](O)[C@H](O)[C@H]1O. The van der Waals surface area contributed by atoms with Crippen molar-refractivity contribution in [2.24, 2.45) is 0 Å². The molecule has 0 radical (unpaired) electrons. The lowest BCUT2D eigenvalue weighted by atomic mass is 10.00. The standard InChI is InChI=1S/C6H13O9P/c7-1-2-3(8)4(9)5(10)6(14-2)15-16(11,12)13/h2-10H,1H2,(H2,11,12,13)/p-2/t2-,3+,4+,5-,6+/m1/s1. The topological polar surface area (TPSA) is 163 Å². The van der Waals surface area contributed by atoms with Gasteiger partial charge in [-0.3, -0.25) is 0 Å². The maximum absolute atomic E-state index is 10.3. The minimum absolute atomic E-state index is 0.743. The van der Waals surface area contributed by atoms with Crippen molar-refractivity contribution in [3.05, 3.63) is 0 Å². The molecule has 5 atom stereocenters. The Labute approximate surface area is 90.1 Å². The molecule has 0 aromatic carbocycles. The molecule has 0 aromatic rings. The van der Waals surface area contributed by atoms with Gasteiger partial charge >= 0.3 is 0 Å². The number of rotatable bonds is 3. The van der Waals surface area contributed by atoms with Gasteiger partial charge in [0.2, 0.25) is 0 Å². The molecule has 1 heterocycles. The number of phosphoric ester groups is 1. The Morgan fingerprint density at radius 2 is 1.75 bits per heavy atom. The fourth-order valence-corrected chi connectivity index (χ4v) is 1.71. The fourth-order valence-electron chi connectivity index (χ4n) is 1.28. The van der Waals surface area contributed by atoms with Crippen molar-refractivity contribution in [3.63, 3.8) is 0 Å². The predicted molar refractivity (Wildman–Crippen MR) is 42.5 cm³/mol. The number of aliphatic hydroxyl groups excluding tert-OH is 4. The average molecular weight is 258 g/mol. The summed E-state index contributed by atoms with van der Waals surface area (Å²) in [6, 6.07) is 0. The molecule has 0 bridgehead atoms. The van der Waals surface area contributed by atoms with Crippen LogP contribution in [-0.2, 0) is 13.8 Å². The van der Waals surface area contributed by atoms with Crippen LogP contribution in [0.15, 0.2) is 0 Å². The van der Waals surface area contributed by atoms with Gasteiger partial charge in [-0.2, -0.15) is 0 Å². The van der Waals surface area contributed by atoms with Crippen molar-refractivity contribution in [1.29, 1.82) is 0 Å². The van der Waals surface area contributed by atoms with Gasteiger partial charge in [0.1, 0.15) is 24.4 Å². The van der Waals surface area contributed by atoms with E-state index >= 15 is 0 Å². The first-order valence-electron chi connectivity index (χ1n) is 4.27. The molecular formula is C6H11O9P-2. The molecule has 9 nitrogen and oxygen atoms in total. The van der Waals surface area contributed by atoms with E-state index in [0.29, 0.717) is 0 Å². The van der Waals surface area contributed by atoms with Gasteiger partial charge in [-0.25, -0.2) is 0 Å². The molecule has 0 unspecified atom stereocenters. The highest BCUT2D eigenvalue weighted by atomic mass is 31.2. The van der Waals surface area contributed by atoms with Crippen LogP contribution in [0.1, 0.15) is 0 Å². The molecule has 1 rings (SSSR count). The van der Waals surface area contributed by atoms with Crippen LogP contribution >= 0.6 is 7.82 Å². The van der Waals surface area contributed by atoms with Gasteiger partial charge < -0.3 is 44.0 Å². The van der Waals surface area contributed by atoms with Gasteiger partial charge in [-0.15, -0.1) is 0 Å². The molecule has 16 heavy (non-hydrogen) atoms. The Balaban J connectivity index is 2.75. The lowest BCUT2D eigenvalue weighted by Crippen LogP contribution is -2.59. The van der Waals surface area contributed by atoms with Crippen molar-refractivity contribution in [2.45, 2.75) is 30.7 Å². The van der Waals surface area contributed by atoms with Gasteiger partial charge in [-0.05, 0) is 0 Å². The van der Waals surface area contributed by atoms with Crippen molar-refractivity contribution < 1.29 is 44.0 Å². The molecule has 0 saturated carbocycles. The first-order valence-corrected chi connectivity index (χ1v) is 5.73. The number of hydrogen-bond acceptors (Lipinski definition) is 9. The summed E-state index contributed by atoms with van der Waals surface area (Å²) >= 11 is 0. The number of aliphatic hydroxyl groups is 4. The first-order chi connectivity index (χ1) is 7.26. The molecule has 0 amide bonds. The number of phosphoric acid groups is 1. The molecule has 1 saturated heterocycles. The van der Waals surface area contributed by atoms with E-state index in [1.165, 1.54) is 0 Å². The zero-order valence-electron chi connectivity index (χ0n) is 7.87. The van der Waals surface area contributed by atoms with Crippen molar-refractivity contribution in [1.82, 2.24) is 0 Å². The summed E-state index contributed by atoms with van der Waals surface area (Å²) in [4.78, 5) is 20.6. The van der Waals surface area contributed by atoms with E-state index in [0.717, 1.165) is 0 Å². The lowest BCUT2D eigenvalue weighted by Gasteiger charge is -2.43. The van der Waals surface area contributed by atoms with E-state index in [2.05, 4.69) is 9.26 Å². The highest BCUT2D eigenvalue weighted by molar-refractivity contribution is 7.43. The van der Waals surface area contributed by atoms with Crippen molar-refractivity contribution >= 4 is 7.82 Å². The van der Waals surface area contributed by atoms with E-state index in [-0.39, 0.29) is 0 Å². The minimum Gasteiger partial charge on any atom is -0.790 e. The van der Waals surface area contributed by atoms with Crippen LogP contribution in [0.3, 0.4) is 0 Å². The smallest absolute Gasteiger partial charge is 0.191 e. The summed E-state index contributed by atoms with van der Waals surface area (Å²) in [5.74, 6) is 0. The van der Waals surface area contributed by atoms with Crippen molar-refractivity contribution in [3.8, 4) is 0 Å². The van der Waals surface area contributed by atoms with Gasteiger partial charge in [0.25, 0.3) is 0 Å². The zero-order chi connectivity index (χ0) is 12.5. The molecule has 0 aliphatic carbocycles. The summed E-state index contributed by atoms with van der Waals surface area (Å²) in [6.45, 7) is -0.743. The van der Waals surface area contributed by atoms with Gasteiger partial charge in [0.05, 0.1) is 14.4 Å². The maximum atomic E-state index is 10.3. The Bertz CT molecular complexity index is 275. The van der Waals surface area contributed by atoms with Gasteiger partial charge in [-0.1, -0.05) is 0 Å². The Morgan fingerprint density at radius 3 is 2.19 bits per heavy atom. The molecule has 1 aliphatic rings. The monoisotopic (exact) mass is 258 g/mol. The van der Waals surface area contributed by atoms with E-state index < -0.39 is 45.1 Å². The van der Waals surface area contributed by atoms with E-state index in [1.54, 1.807) is 0 Å². The average Bonchev–Trinajstić information content (AvgIpc) is 2.17. The second-order valence-corrected chi connectivity index (χ2v) is 4.36. The minimum atomic E-state index is -5.41. The Hall–Kier alpha value is -0.0900. The quantitative estimate of drug-likeness (QED) is 0.366. The third-order valence-electron chi connectivity index (χ3n) is 2.08. The lowest BCUT2D eigenvalue weighted by molar-refractivity contribution is -0.368. The molecule has 96 valence electrons. The highest BCUT2D eigenvalue weighted by Crippen LogP contribution is 2.33.